The van der Waals surface area contributed by atoms with Gasteiger partial charge < -0.3 is 10.6 Å². The van der Waals surface area contributed by atoms with E-state index in [0.29, 0.717) is 6.04 Å². The highest BCUT2D eigenvalue weighted by molar-refractivity contribution is 7.18. The Hall–Kier alpha value is -1.36. The van der Waals surface area contributed by atoms with Crippen molar-refractivity contribution in [2.24, 2.45) is 0 Å². The molecule has 1 aliphatic carbocycles. The molecule has 0 unspecified atom stereocenters. The molecule has 0 spiro atoms. The van der Waals surface area contributed by atoms with Gasteiger partial charge in [0.15, 0.2) is 0 Å². The molecule has 0 saturated heterocycles. The predicted molar refractivity (Wildman–Crippen MR) is 77.6 cm³/mol. The van der Waals surface area contributed by atoms with E-state index in [-0.39, 0.29) is 0 Å². The van der Waals surface area contributed by atoms with E-state index in [1.54, 1.807) is 11.3 Å². The molecule has 0 amide bonds. The minimum absolute atomic E-state index is 0.595. The van der Waals surface area contributed by atoms with Gasteiger partial charge in [-0.25, -0.2) is 4.98 Å². The van der Waals surface area contributed by atoms with E-state index in [1.807, 2.05) is 0 Å². The number of fused-ring (bicyclic) bond motifs is 1. The molecule has 0 radical (unpaired) electrons. The molecule has 1 aliphatic rings. The number of aryl methyl sites for hydroxylation is 1. The lowest BCUT2D eigenvalue weighted by Crippen LogP contribution is -2.27. The first kappa shape index (κ1) is 11.7. The summed E-state index contributed by atoms with van der Waals surface area (Å²) >= 11 is 1.73. The Balaban J connectivity index is 2.01. The lowest BCUT2D eigenvalue weighted by atomic mass is 9.93. The fourth-order valence-corrected chi connectivity index (χ4v) is 3.01. The third-order valence-corrected chi connectivity index (χ3v) is 4.24. The number of rotatable bonds is 4. The summed E-state index contributed by atoms with van der Waals surface area (Å²) in [6.45, 7) is 5.03. The van der Waals surface area contributed by atoms with Crippen molar-refractivity contribution in [3.63, 3.8) is 0 Å². The highest BCUT2D eigenvalue weighted by atomic mass is 32.1. The summed E-state index contributed by atoms with van der Waals surface area (Å²) in [4.78, 5) is 11.5. The average molecular weight is 262 g/mol. The van der Waals surface area contributed by atoms with Crippen molar-refractivity contribution in [2.45, 2.75) is 39.2 Å². The summed E-state index contributed by atoms with van der Waals surface area (Å²) < 4.78 is 0. The summed E-state index contributed by atoms with van der Waals surface area (Å²) in [5.41, 5.74) is 0. The number of hydrogen-bond donors (Lipinski definition) is 2. The lowest BCUT2D eigenvalue weighted by Gasteiger charge is -2.27. The first-order chi connectivity index (χ1) is 8.76. The number of anilines is 2. The van der Waals surface area contributed by atoms with Crippen LogP contribution in [0, 0.1) is 6.92 Å². The van der Waals surface area contributed by atoms with Crippen LogP contribution in [-0.2, 0) is 0 Å². The molecule has 4 nitrogen and oxygen atoms in total. The lowest BCUT2D eigenvalue weighted by molar-refractivity contribution is 0.445. The maximum atomic E-state index is 4.60. The van der Waals surface area contributed by atoms with E-state index < -0.39 is 0 Å². The molecule has 5 heteroatoms. The molecule has 3 rings (SSSR count). The second kappa shape index (κ2) is 4.72. The van der Waals surface area contributed by atoms with Crippen molar-refractivity contribution < 1.29 is 0 Å². The van der Waals surface area contributed by atoms with Gasteiger partial charge in [0.2, 0.25) is 5.95 Å². The fraction of sp³-hybridized carbons (Fsp3) is 0.538. The zero-order valence-electron chi connectivity index (χ0n) is 10.8. The first-order valence-electron chi connectivity index (χ1n) is 6.55. The van der Waals surface area contributed by atoms with Gasteiger partial charge >= 0.3 is 0 Å². The van der Waals surface area contributed by atoms with Gasteiger partial charge in [0.1, 0.15) is 10.6 Å². The molecule has 0 atom stereocenters. The normalized spacial score (nSPS) is 15.7. The quantitative estimate of drug-likeness (QED) is 0.886. The Kier molecular flexibility index (Phi) is 3.07. The minimum atomic E-state index is 0.595. The van der Waals surface area contributed by atoms with Crippen LogP contribution >= 0.6 is 11.3 Å². The summed E-state index contributed by atoms with van der Waals surface area (Å²) in [6, 6.07) is 2.77. The second-order valence-electron chi connectivity index (χ2n) is 4.77. The van der Waals surface area contributed by atoms with Gasteiger partial charge in [-0.3, -0.25) is 0 Å². The first-order valence-corrected chi connectivity index (χ1v) is 7.36. The molecule has 2 N–H and O–H groups in total. The molecule has 18 heavy (non-hydrogen) atoms. The molecule has 2 aromatic rings. The van der Waals surface area contributed by atoms with Crippen LogP contribution < -0.4 is 10.6 Å². The van der Waals surface area contributed by atoms with Gasteiger partial charge in [-0.15, -0.1) is 11.3 Å². The predicted octanol–water partition coefficient (Wildman–Crippen LogP) is 3.40. The van der Waals surface area contributed by atoms with Crippen LogP contribution in [0.25, 0.3) is 10.2 Å². The Morgan fingerprint density at radius 1 is 1.39 bits per heavy atom. The maximum absolute atomic E-state index is 4.60. The highest BCUT2D eigenvalue weighted by Gasteiger charge is 2.19. The van der Waals surface area contributed by atoms with Crippen LogP contribution in [0.5, 0.6) is 0 Å². The zero-order chi connectivity index (χ0) is 12.5. The minimum Gasteiger partial charge on any atom is -0.367 e. The van der Waals surface area contributed by atoms with Gasteiger partial charge in [-0.2, -0.15) is 4.98 Å². The van der Waals surface area contributed by atoms with E-state index in [2.05, 4.69) is 40.5 Å². The maximum Gasteiger partial charge on any atom is 0.226 e. The molecule has 2 heterocycles. The van der Waals surface area contributed by atoms with E-state index >= 15 is 0 Å². The smallest absolute Gasteiger partial charge is 0.226 e. The van der Waals surface area contributed by atoms with Gasteiger partial charge in [0.25, 0.3) is 0 Å². The van der Waals surface area contributed by atoms with Crippen LogP contribution in [0.15, 0.2) is 6.07 Å². The van der Waals surface area contributed by atoms with Crippen LogP contribution in [-0.4, -0.2) is 22.6 Å². The Morgan fingerprint density at radius 3 is 2.89 bits per heavy atom. The van der Waals surface area contributed by atoms with Gasteiger partial charge in [-0.05, 0) is 39.2 Å². The molecular weight excluding hydrogens is 244 g/mol. The van der Waals surface area contributed by atoms with Gasteiger partial charge in [0, 0.05) is 17.5 Å². The number of nitrogens with zero attached hydrogens (tertiary/aromatic N) is 2. The largest absolute Gasteiger partial charge is 0.367 e. The van der Waals surface area contributed by atoms with Crippen molar-refractivity contribution in [2.75, 3.05) is 17.2 Å². The number of thiophene rings is 1. The van der Waals surface area contributed by atoms with Crippen LogP contribution in [0.3, 0.4) is 0 Å². The van der Waals surface area contributed by atoms with Crippen LogP contribution in [0.1, 0.15) is 31.1 Å². The molecule has 0 aliphatic heterocycles. The number of nitrogens with one attached hydrogen (secondary N) is 2. The topological polar surface area (TPSA) is 49.8 Å². The highest BCUT2D eigenvalue weighted by Crippen LogP contribution is 2.32. The molecule has 1 saturated carbocycles. The van der Waals surface area contributed by atoms with E-state index in [9.17, 15) is 0 Å². The average Bonchev–Trinajstić information content (AvgIpc) is 2.64. The van der Waals surface area contributed by atoms with Crippen LogP contribution in [0.2, 0.25) is 0 Å². The van der Waals surface area contributed by atoms with Crippen molar-refractivity contribution in [1.29, 1.82) is 0 Å². The number of hydrogen-bond acceptors (Lipinski definition) is 5. The Morgan fingerprint density at radius 2 is 2.22 bits per heavy atom. The van der Waals surface area contributed by atoms with Crippen LogP contribution in [0.4, 0.5) is 11.8 Å². The molecular formula is C13H18N4S. The zero-order valence-corrected chi connectivity index (χ0v) is 11.6. The Bertz CT molecular complexity index is 559. The summed E-state index contributed by atoms with van der Waals surface area (Å²) in [5.74, 6) is 1.72. The summed E-state index contributed by atoms with van der Waals surface area (Å²) in [6.07, 6.45) is 3.84. The second-order valence-corrected chi connectivity index (χ2v) is 6.01. The molecule has 0 bridgehead atoms. The number of aromatic nitrogens is 2. The summed E-state index contributed by atoms with van der Waals surface area (Å²) in [7, 11) is 0. The van der Waals surface area contributed by atoms with E-state index in [4.69, 9.17) is 0 Å². The summed E-state index contributed by atoms with van der Waals surface area (Å²) in [5, 5.41) is 7.91. The molecule has 96 valence electrons. The molecule has 1 fully saturated rings. The van der Waals surface area contributed by atoms with E-state index in [1.165, 1.54) is 24.1 Å². The van der Waals surface area contributed by atoms with Gasteiger partial charge in [-0.1, -0.05) is 0 Å². The van der Waals surface area contributed by atoms with E-state index in [0.717, 1.165) is 28.5 Å². The Labute approximate surface area is 111 Å². The van der Waals surface area contributed by atoms with Crippen molar-refractivity contribution >= 4 is 33.3 Å². The standard InChI is InChI=1S/C13H18N4S/c1-3-14-13-16-11(15-9-5-4-6-9)10-7-8(2)18-12(10)17-13/h7,9H,3-6H2,1-2H3,(H2,14,15,16,17). The molecule has 0 aromatic carbocycles. The fourth-order valence-electron chi connectivity index (χ4n) is 2.14. The molecule has 2 aromatic heterocycles. The van der Waals surface area contributed by atoms with Gasteiger partial charge in [0.05, 0.1) is 5.39 Å². The van der Waals surface area contributed by atoms with Crippen molar-refractivity contribution in [1.82, 2.24) is 9.97 Å². The van der Waals surface area contributed by atoms with Crippen molar-refractivity contribution in [3.8, 4) is 0 Å². The SMILES string of the molecule is CCNc1nc(NC2CCC2)c2cc(C)sc2n1. The monoisotopic (exact) mass is 262 g/mol. The van der Waals surface area contributed by atoms with Crippen molar-refractivity contribution in [3.05, 3.63) is 10.9 Å². The third-order valence-electron chi connectivity index (χ3n) is 3.30. The third kappa shape index (κ3) is 2.14.